The van der Waals surface area contributed by atoms with E-state index in [0.29, 0.717) is 17.5 Å². The molecule has 2 aromatic heterocycles. The van der Waals surface area contributed by atoms with E-state index >= 15 is 0 Å². The highest BCUT2D eigenvalue weighted by Gasteiger charge is 2.39. The van der Waals surface area contributed by atoms with Gasteiger partial charge in [-0.25, -0.2) is 9.78 Å². The van der Waals surface area contributed by atoms with Crippen LogP contribution in [0.5, 0.6) is 0 Å². The number of carbonyl (C=O) groups is 2. The van der Waals surface area contributed by atoms with E-state index in [1.165, 1.54) is 5.56 Å². The molecule has 0 unspecified atom stereocenters. The number of pyridine rings is 1. The lowest BCUT2D eigenvalue weighted by Crippen LogP contribution is -2.43. The molecule has 0 bridgehead atoms. The Morgan fingerprint density at radius 1 is 1.06 bits per heavy atom. The first-order valence-corrected chi connectivity index (χ1v) is 9.70. The number of carboxylic acid groups (broad SMARTS) is 1. The molecule has 2 fully saturated rings. The summed E-state index contributed by atoms with van der Waals surface area (Å²) in [6.07, 6.45) is 4.45. The second-order valence-electron chi connectivity index (χ2n) is 7.51. The fraction of sp³-hybridized carbons (Fsp3) is 0.450. The van der Waals surface area contributed by atoms with Gasteiger partial charge in [-0.05, 0) is 29.9 Å². The zero-order chi connectivity index (χ0) is 22.4. The van der Waals surface area contributed by atoms with Gasteiger partial charge in [0, 0.05) is 57.5 Å². The summed E-state index contributed by atoms with van der Waals surface area (Å²) in [5.74, 6) is -1.51. The fourth-order valence-corrected chi connectivity index (χ4v) is 3.90. The normalized spacial score (nSPS) is 21.1. The third kappa shape index (κ3) is 6.20. The van der Waals surface area contributed by atoms with Crippen molar-refractivity contribution in [3.63, 3.8) is 0 Å². The largest absolute Gasteiger partial charge is 0.490 e. The Hall–Kier alpha value is -3.08. The maximum atomic E-state index is 12.6. The first-order chi connectivity index (χ1) is 14.7. The van der Waals surface area contributed by atoms with E-state index in [0.717, 1.165) is 39.1 Å². The Balaban J connectivity index is 0.000000339. The number of hydrogen-bond acceptors (Lipinski definition) is 6. The molecule has 31 heavy (non-hydrogen) atoms. The number of alkyl halides is 3. The van der Waals surface area contributed by atoms with Crippen LogP contribution in [-0.2, 0) is 11.3 Å². The minimum atomic E-state index is -5.08. The van der Waals surface area contributed by atoms with E-state index in [2.05, 4.69) is 25.9 Å². The summed E-state index contributed by atoms with van der Waals surface area (Å²) in [4.78, 5) is 38.2. The molecule has 2 atom stereocenters. The molecule has 0 aromatic carbocycles. The summed E-state index contributed by atoms with van der Waals surface area (Å²) >= 11 is 0. The lowest BCUT2D eigenvalue weighted by molar-refractivity contribution is -0.192. The maximum Gasteiger partial charge on any atom is 0.490 e. The Morgan fingerprint density at radius 2 is 1.77 bits per heavy atom. The summed E-state index contributed by atoms with van der Waals surface area (Å²) < 4.78 is 31.7. The number of nitrogens with zero attached hydrogens (tertiary/aromatic N) is 5. The number of aliphatic carboxylic acids is 1. The van der Waals surface area contributed by atoms with Gasteiger partial charge in [-0.15, -0.1) is 0 Å². The number of fused-ring (bicyclic) bond motifs is 1. The molecule has 0 saturated carbocycles. The second-order valence-corrected chi connectivity index (χ2v) is 7.51. The first-order valence-electron chi connectivity index (χ1n) is 9.70. The van der Waals surface area contributed by atoms with Crippen molar-refractivity contribution in [3.05, 3.63) is 54.4 Å². The van der Waals surface area contributed by atoms with Gasteiger partial charge in [0.05, 0.1) is 6.20 Å². The number of halogens is 3. The van der Waals surface area contributed by atoms with Crippen LogP contribution in [0.15, 0.2) is 43.1 Å². The molecule has 2 aliphatic rings. The van der Waals surface area contributed by atoms with Crippen LogP contribution in [0, 0.1) is 11.8 Å². The van der Waals surface area contributed by atoms with Gasteiger partial charge in [-0.1, -0.05) is 6.07 Å². The standard InChI is InChI=1S/C18H21N5O.C2HF3O2/c24-18(17-9-20-5-6-21-17)23-7-3-15-11-22(12-16(15)13-23)10-14-2-1-4-19-8-14;3-2(4,5)1(6)7/h1-2,4-6,8-9,15-16H,3,7,10-13H2;(H,6,7)/t15-,16-;/m1./s1. The van der Waals surface area contributed by atoms with E-state index in [9.17, 15) is 18.0 Å². The summed E-state index contributed by atoms with van der Waals surface area (Å²) in [7, 11) is 0. The zero-order valence-electron chi connectivity index (χ0n) is 16.6. The number of likely N-dealkylation sites (tertiary alicyclic amines) is 2. The molecule has 0 radical (unpaired) electrons. The maximum absolute atomic E-state index is 12.6. The molecule has 0 spiro atoms. The molecule has 1 N–H and O–H groups in total. The van der Waals surface area contributed by atoms with Gasteiger partial charge >= 0.3 is 12.1 Å². The molecule has 8 nitrogen and oxygen atoms in total. The van der Waals surface area contributed by atoms with Crippen LogP contribution in [0.2, 0.25) is 0 Å². The SMILES string of the molecule is O=C(O)C(F)(F)F.O=C(c1cnccn1)N1CC[C@@H]2CN(Cc3cccnc3)C[C@@H]2C1. The Morgan fingerprint density at radius 3 is 2.39 bits per heavy atom. The first kappa shape index (κ1) is 22.6. The molecular formula is C20H22F3N5O3. The van der Waals surface area contributed by atoms with Gasteiger partial charge in [-0.3, -0.25) is 19.7 Å². The van der Waals surface area contributed by atoms with Crippen molar-refractivity contribution in [2.45, 2.75) is 19.1 Å². The van der Waals surface area contributed by atoms with E-state index in [1.54, 1.807) is 18.6 Å². The van der Waals surface area contributed by atoms with Crippen molar-refractivity contribution in [2.24, 2.45) is 11.8 Å². The van der Waals surface area contributed by atoms with Crippen molar-refractivity contribution < 1.29 is 27.9 Å². The summed E-state index contributed by atoms with van der Waals surface area (Å²) in [5.41, 5.74) is 1.70. The van der Waals surface area contributed by atoms with Crippen LogP contribution in [0.3, 0.4) is 0 Å². The smallest absolute Gasteiger partial charge is 0.475 e. The highest BCUT2D eigenvalue weighted by atomic mass is 19.4. The molecule has 11 heteroatoms. The van der Waals surface area contributed by atoms with Crippen molar-refractivity contribution in [1.82, 2.24) is 24.8 Å². The second kappa shape index (κ2) is 9.82. The molecule has 1 amide bonds. The molecule has 2 aliphatic heterocycles. The van der Waals surface area contributed by atoms with Crippen molar-refractivity contribution >= 4 is 11.9 Å². The quantitative estimate of drug-likeness (QED) is 0.785. The van der Waals surface area contributed by atoms with E-state index in [-0.39, 0.29) is 5.91 Å². The topological polar surface area (TPSA) is 99.5 Å². The van der Waals surface area contributed by atoms with Crippen LogP contribution in [0.1, 0.15) is 22.5 Å². The van der Waals surface area contributed by atoms with Crippen LogP contribution in [0.25, 0.3) is 0 Å². The van der Waals surface area contributed by atoms with Crippen LogP contribution < -0.4 is 0 Å². The third-order valence-corrected chi connectivity index (χ3v) is 5.32. The molecule has 4 rings (SSSR count). The monoisotopic (exact) mass is 437 g/mol. The van der Waals surface area contributed by atoms with Crippen molar-refractivity contribution in [1.29, 1.82) is 0 Å². The van der Waals surface area contributed by atoms with Gasteiger partial charge < -0.3 is 10.0 Å². The molecule has 2 aromatic rings. The number of rotatable bonds is 3. The Kier molecular flexibility index (Phi) is 7.16. The minimum absolute atomic E-state index is 0.00672. The summed E-state index contributed by atoms with van der Waals surface area (Å²) in [6.45, 7) is 4.75. The average Bonchev–Trinajstić information content (AvgIpc) is 3.15. The Bertz CT molecular complexity index is 883. The Labute approximate surface area is 176 Å². The minimum Gasteiger partial charge on any atom is -0.475 e. The lowest BCUT2D eigenvalue weighted by atomic mass is 9.88. The molecule has 2 saturated heterocycles. The predicted octanol–water partition coefficient (Wildman–Crippen LogP) is 2.10. The summed E-state index contributed by atoms with van der Waals surface area (Å²) in [6, 6.07) is 4.11. The third-order valence-electron chi connectivity index (χ3n) is 5.32. The van der Waals surface area contributed by atoms with Crippen LogP contribution >= 0.6 is 0 Å². The van der Waals surface area contributed by atoms with E-state index in [1.807, 2.05) is 23.4 Å². The lowest BCUT2D eigenvalue weighted by Gasteiger charge is -2.34. The van der Waals surface area contributed by atoms with Crippen LogP contribution in [0.4, 0.5) is 13.2 Å². The highest BCUT2D eigenvalue weighted by Crippen LogP contribution is 2.32. The van der Waals surface area contributed by atoms with Crippen molar-refractivity contribution in [3.8, 4) is 0 Å². The van der Waals surface area contributed by atoms with Gasteiger partial charge in [-0.2, -0.15) is 13.2 Å². The molecule has 166 valence electrons. The number of piperidine rings is 1. The van der Waals surface area contributed by atoms with E-state index in [4.69, 9.17) is 9.90 Å². The summed E-state index contributed by atoms with van der Waals surface area (Å²) in [5, 5.41) is 7.12. The van der Waals surface area contributed by atoms with Gasteiger partial charge in [0.2, 0.25) is 0 Å². The van der Waals surface area contributed by atoms with E-state index < -0.39 is 12.1 Å². The molecular weight excluding hydrogens is 415 g/mol. The number of aromatic nitrogens is 3. The average molecular weight is 437 g/mol. The highest BCUT2D eigenvalue weighted by molar-refractivity contribution is 5.92. The predicted molar refractivity (Wildman–Crippen MR) is 103 cm³/mol. The number of carbonyl (C=O) groups excluding carboxylic acids is 1. The molecule has 4 heterocycles. The molecule has 0 aliphatic carbocycles. The van der Waals surface area contributed by atoms with Gasteiger partial charge in [0.1, 0.15) is 5.69 Å². The van der Waals surface area contributed by atoms with Crippen LogP contribution in [-0.4, -0.2) is 74.1 Å². The van der Waals surface area contributed by atoms with Gasteiger partial charge in [0.15, 0.2) is 0 Å². The number of amides is 1. The number of hydrogen-bond donors (Lipinski definition) is 1. The number of carboxylic acids is 1. The van der Waals surface area contributed by atoms with Crippen molar-refractivity contribution in [2.75, 3.05) is 26.2 Å². The van der Waals surface area contributed by atoms with Gasteiger partial charge in [0.25, 0.3) is 5.91 Å². The fourth-order valence-electron chi connectivity index (χ4n) is 3.90. The zero-order valence-corrected chi connectivity index (χ0v) is 16.6.